The smallest absolute Gasteiger partial charge is 0.228 e. The maximum absolute atomic E-state index is 13.1. The van der Waals surface area contributed by atoms with Crippen LogP contribution in [0.4, 0.5) is 5.69 Å². The van der Waals surface area contributed by atoms with Gasteiger partial charge in [-0.15, -0.1) is 0 Å². The molecule has 0 aliphatic heterocycles. The third-order valence-electron chi connectivity index (χ3n) is 6.38. The van der Waals surface area contributed by atoms with Crippen LogP contribution < -0.4 is 10.6 Å². The van der Waals surface area contributed by atoms with Crippen LogP contribution in [-0.2, 0) is 14.3 Å². The maximum Gasteiger partial charge on any atom is 0.228 e. The van der Waals surface area contributed by atoms with Crippen LogP contribution in [0.5, 0.6) is 0 Å². The molecule has 2 bridgehead atoms. The van der Waals surface area contributed by atoms with Gasteiger partial charge in [0.1, 0.15) is 0 Å². The summed E-state index contributed by atoms with van der Waals surface area (Å²) in [5.41, 5.74) is 0.912. The van der Waals surface area contributed by atoms with E-state index in [1.807, 2.05) is 24.3 Å². The van der Waals surface area contributed by atoms with Crippen LogP contribution in [0.3, 0.4) is 0 Å². The quantitative estimate of drug-likeness (QED) is 0.512. The SMILES string of the molecule is COCCCNC(=O)[C@H]1[C@H](C(=O)Nc2ccc(Br)cc2)[C@@H]2C=C[C@H]1C21CC1. The van der Waals surface area contributed by atoms with Crippen LogP contribution in [0, 0.1) is 29.1 Å². The Balaban J connectivity index is 1.50. The van der Waals surface area contributed by atoms with E-state index in [1.165, 1.54) is 0 Å². The highest BCUT2D eigenvalue weighted by molar-refractivity contribution is 9.10. The van der Waals surface area contributed by atoms with E-state index < -0.39 is 0 Å². The number of methoxy groups -OCH3 is 1. The number of rotatable bonds is 7. The zero-order valence-corrected chi connectivity index (χ0v) is 17.0. The van der Waals surface area contributed by atoms with Crippen molar-refractivity contribution in [3.05, 3.63) is 40.9 Å². The monoisotopic (exact) mass is 432 g/mol. The van der Waals surface area contributed by atoms with Gasteiger partial charge in [-0.25, -0.2) is 0 Å². The molecule has 1 aromatic rings. The Labute approximate surface area is 168 Å². The number of nitrogens with one attached hydrogen (secondary N) is 2. The second-order valence-corrected chi connectivity index (χ2v) is 8.77. The van der Waals surface area contributed by atoms with Crippen LogP contribution in [0.1, 0.15) is 19.3 Å². The Morgan fingerprint density at radius 1 is 1.11 bits per heavy atom. The number of allylic oxidation sites excluding steroid dienone is 2. The molecular weight excluding hydrogens is 408 g/mol. The fourth-order valence-electron chi connectivity index (χ4n) is 5.01. The summed E-state index contributed by atoms with van der Waals surface area (Å²) in [4.78, 5) is 26.1. The number of benzene rings is 1. The third kappa shape index (κ3) is 3.34. The molecule has 0 saturated heterocycles. The van der Waals surface area contributed by atoms with E-state index in [-0.39, 0.29) is 40.9 Å². The molecule has 1 aromatic carbocycles. The third-order valence-corrected chi connectivity index (χ3v) is 6.91. The molecule has 3 aliphatic rings. The molecule has 27 heavy (non-hydrogen) atoms. The zero-order chi connectivity index (χ0) is 19.0. The first-order valence-corrected chi connectivity index (χ1v) is 10.4. The van der Waals surface area contributed by atoms with Crippen molar-refractivity contribution in [2.24, 2.45) is 29.1 Å². The predicted octanol–water partition coefficient (Wildman–Crippen LogP) is 3.37. The maximum atomic E-state index is 13.1. The molecule has 144 valence electrons. The van der Waals surface area contributed by atoms with Gasteiger partial charge in [0, 0.05) is 30.4 Å². The van der Waals surface area contributed by atoms with Crippen LogP contribution in [-0.4, -0.2) is 32.1 Å². The number of hydrogen-bond acceptors (Lipinski definition) is 3. The molecule has 4 rings (SSSR count). The first-order chi connectivity index (χ1) is 13.1. The summed E-state index contributed by atoms with van der Waals surface area (Å²) in [7, 11) is 1.65. The van der Waals surface area contributed by atoms with Crippen LogP contribution >= 0.6 is 15.9 Å². The van der Waals surface area contributed by atoms with Gasteiger partial charge in [0.05, 0.1) is 11.8 Å². The first-order valence-electron chi connectivity index (χ1n) is 9.58. The average Bonchev–Trinajstić information content (AvgIpc) is 3.33. The van der Waals surface area contributed by atoms with E-state index in [2.05, 4.69) is 38.7 Å². The minimum Gasteiger partial charge on any atom is -0.385 e. The fraction of sp³-hybridized carbons (Fsp3) is 0.524. The summed E-state index contributed by atoms with van der Waals surface area (Å²) in [6.07, 6.45) is 7.37. The van der Waals surface area contributed by atoms with E-state index in [4.69, 9.17) is 4.74 Å². The Kier molecular flexibility index (Phi) is 5.12. The minimum atomic E-state index is -0.298. The molecule has 0 heterocycles. The van der Waals surface area contributed by atoms with Crippen LogP contribution in [0.15, 0.2) is 40.9 Å². The molecule has 2 N–H and O–H groups in total. The first kappa shape index (κ1) is 18.7. The van der Waals surface area contributed by atoms with Gasteiger partial charge in [0.2, 0.25) is 11.8 Å². The largest absolute Gasteiger partial charge is 0.385 e. The van der Waals surface area contributed by atoms with Crippen LogP contribution in [0.25, 0.3) is 0 Å². The highest BCUT2D eigenvalue weighted by atomic mass is 79.9. The van der Waals surface area contributed by atoms with Gasteiger partial charge in [-0.2, -0.15) is 0 Å². The lowest BCUT2D eigenvalue weighted by atomic mass is 9.81. The van der Waals surface area contributed by atoms with E-state index in [0.29, 0.717) is 13.2 Å². The summed E-state index contributed by atoms with van der Waals surface area (Å²) < 4.78 is 6.01. The standard InChI is InChI=1S/C21H25BrN2O3/c1-27-12-2-11-23-19(25)17-15-7-8-16(21(15)9-10-21)18(17)20(26)24-14-5-3-13(22)4-6-14/h3-8,15-18H,2,9-12H2,1H3,(H,23,25)(H,24,26)/t15-,16+,17-,18-/m1/s1. The molecule has 5 nitrogen and oxygen atoms in total. The lowest BCUT2D eigenvalue weighted by Crippen LogP contribution is -2.42. The fourth-order valence-corrected chi connectivity index (χ4v) is 5.28. The number of ether oxygens (including phenoxy) is 1. The second-order valence-electron chi connectivity index (χ2n) is 7.85. The number of halogens is 1. The molecule has 0 unspecified atom stereocenters. The highest BCUT2D eigenvalue weighted by Crippen LogP contribution is 2.72. The van der Waals surface area contributed by atoms with Gasteiger partial charge >= 0.3 is 0 Å². The predicted molar refractivity (Wildman–Crippen MR) is 107 cm³/mol. The van der Waals surface area contributed by atoms with E-state index in [9.17, 15) is 9.59 Å². The molecule has 2 fully saturated rings. The summed E-state index contributed by atoms with van der Waals surface area (Å²) in [5, 5.41) is 6.06. The molecule has 3 aliphatic carbocycles. The number of carbonyl (C=O) groups is 2. The molecule has 2 saturated carbocycles. The Morgan fingerprint density at radius 2 is 1.74 bits per heavy atom. The van der Waals surface area contributed by atoms with Crippen molar-refractivity contribution >= 4 is 33.4 Å². The van der Waals surface area contributed by atoms with Crippen molar-refractivity contribution in [1.29, 1.82) is 0 Å². The van der Waals surface area contributed by atoms with E-state index >= 15 is 0 Å². The lowest BCUT2D eigenvalue weighted by Gasteiger charge is -2.26. The van der Waals surface area contributed by atoms with Crippen molar-refractivity contribution in [3.63, 3.8) is 0 Å². The van der Waals surface area contributed by atoms with Crippen molar-refractivity contribution in [3.8, 4) is 0 Å². The Hall–Kier alpha value is -1.66. The van der Waals surface area contributed by atoms with E-state index in [1.54, 1.807) is 7.11 Å². The second kappa shape index (κ2) is 7.40. The number of anilines is 1. The molecule has 0 radical (unpaired) electrons. The molecule has 0 aromatic heterocycles. The molecule has 1 spiro atoms. The van der Waals surface area contributed by atoms with Gasteiger partial charge in [-0.05, 0) is 60.8 Å². The number of hydrogen-bond donors (Lipinski definition) is 2. The van der Waals surface area contributed by atoms with Crippen LogP contribution in [0.2, 0.25) is 0 Å². The van der Waals surface area contributed by atoms with Crippen molar-refractivity contribution < 1.29 is 14.3 Å². The van der Waals surface area contributed by atoms with Crippen molar-refractivity contribution in [2.75, 3.05) is 25.6 Å². The summed E-state index contributed by atoms with van der Waals surface area (Å²) >= 11 is 3.41. The molecule has 6 heteroatoms. The van der Waals surface area contributed by atoms with Gasteiger partial charge in [-0.1, -0.05) is 28.1 Å². The van der Waals surface area contributed by atoms with E-state index in [0.717, 1.165) is 29.4 Å². The highest BCUT2D eigenvalue weighted by Gasteiger charge is 2.69. The number of carbonyl (C=O) groups excluding carboxylic acids is 2. The van der Waals surface area contributed by atoms with Gasteiger partial charge in [0.15, 0.2) is 0 Å². The topological polar surface area (TPSA) is 67.4 Å². The summed E-state index contributed by atoms with van der Waals surface area (Å²) in [6, 6.07) is 7.55. The lowest BCUT2D eigenvalue weighted by molar-refractivity contribution is -0.132. The molecule has 2 amide bonds. The Morgan fingerprint density at radius 3 is 2.33 bits per heavy atom. The summed E-state index contributed by atoms with van der Waals surface area (Å²) in [6.45, 7) is 1.20. The number of amides is 2. The molecular formula is C21H25BrN2O3. The minimum absolute atomic E-state index is 0.00480. The van der Waals surface area contributed by atoms with Gasteiger partial charge in [-0.3, -0.25) is 9.59 Å². The normalized spacial score (nSPS) is 29.1. The zero-order valence-electron chi connectivity index (χ0n) is 15.4. The van der Waals surface area contributed by atoms with Crippen molar-refractivity contribution in [2.45, 2.75) is 19.3 Å². The van der Waals surface area contributed by atoms with Gasteiger partial charge < -0.3 is 15.4 Å². The van der Waals surface area contributed by atoms with Crippen molar-refractivity contribution in [1.82, 2.24) is 5.32 Å². The van der Waals surface area contributed by atoms with Gasteiger partial charge in [0.25, 0.3) is 0 Å². The summed E-state index contributed by atoms with van der Waals surface area (Å²) in [5.74, 6) is -0.255. The Bertz CT molecular complexity index is 757. The average molecular weight is 433 g/mol. The molecule has 4 atom stereocenters.